The van der Waals surface area contributed by atoms with Gasteiger partial charge < -0.3 is 10.1 Å². The fourth-order valence-corrected chi connectivity index (χ4v) is 2.51. The Bertz CT molecular complexity index is 356. The molecule has 0 aliphatic carbocycles. The van der Waals surface area contributed by atoms with Crippen molar-refractivity contribution in [2.24, 2.45) is 0 Å². The molecule has 1 saturated heterocycles. The van der Waals surface area contributed by atoms with E-state index < -0.39 is 0 Å². The molecule has 1 aromatic rings. The quantitative estimate of drug-likeness (QED) is 0.860. The lowest BCUT2D eigenvalue weighted by Crippen LogP contribution is -2.22. The van der Waals surface area contributed by atoms with Gasteiger partial charge in [-0.2, -0.15) is 0 Å². The second-order valence-corrected chi connectivity index (χ2v) is 6.16. The van der Waals surface area contributed by atoms with Crippen molar-refractivity contribution >= 4 is 0 Å². The largest absolute Gasteiger partial charge is 0.488 e. The third-order valence-corrected chi connectivity index (χ3v) is 3.35. The monoisotopic (exact) mass is 247 g/mol. The highest BCUT2D eigenvalue weighted by Crippen LogP contribution is 2.28. The van der Waals surface area contributed by atoms with Crippen LogP contribution in [0.5, 0.6) is 5.75 Å². The summed E-state index contributed by atoms with van der Waals surface area (Å²) in [6.07, 6.45) is 3.83. The first-order chi connectivity index (χ1) is 8.54. The van der Waals surface area contributed by atoms with E-state index in [2.05, 4.69) is 50.4 Å². The molecule has 2 nitrogen and oxygen atoms in total. The van der Waals surface area contributed by atoms with E-state index >= 15 is 0 Å². The molecular formula is C16H25NO. The van der Waals surface area contributed by atoms with E-state index in [0.29, 0.717) is 5.92 Å². The first-order valence-electron chi connectivity index (χ1n) is 7.04. The lowest BCUT2D eigenvalue weighted by Gasteiger charge is -2.22. The Morgan fingerprint density at radius 3 is 2.44 bits per heavy atom. The van der Waals surface area contributed by atoms with Gasteiger partial charge in [-0.3, -0.25) is 0 Å². The van der Waals surface area contributed by atoms with Crippen molar-refractivity contribution in [1.82, 2.24) is 5.32 Å². The molecule has 1 fully saturated rings. The number of benzene rings is 1. The first kappa shape index (κ1) is 13.4. The van der Waals surface area contributed by atoms with Gasteiger partial charge in [0, 0.05) is 0 Å². The van der Waals surface area contributed by atoms with Crippen molar-refractivity contribution in [3.8, 4) is 5.75 Å². The molecule has 0 bridgehead atoms. The maximum absolute atomic E-state index is 5.86. The molecule has 1 aliphatic rings. The van der Waals surface area contributed by atoms with Gasteiger partial charge in [-0.1, -0.05) is 12.1 Å². The minimum atomic E-state index is -0.117. The van der Waals surface area contributed by atoms with E-state index in [9.17, 15) is 0 Å². The van der Waals surface area contributed by atoms with Crippen molar-refractivity contribution < 1.29 is 4.74 Å². The van der Waals surface area contributed by atoms with Gasteiger partial charge in [0.2, 0.25) is 0 Å². The second-order valence-electron chi connectivity index (χ2n) is 6.16. The van der Waals surface area contributed by atoms with E-state index in [1.165, 1.54) is 31.4 Å². The predicted octanol–water partition coefficient (Wildman–Crippen LogP) is 3.72. The number of hydrogen-bond donors (Lipinski definition) is 1. The number of hydrogen-bond acceptors (Lipinski definition) is 2. The topological polar surface area (TPSA) is 21.3 Å². The highest BCUT2D eigenvalue weighted by Gasteiger charge is 2.15. The SMILES string of the molecule is CC(C)(C)Oc1ccc(C2CCCNCC2)cc1. The fourth-order valence-electron chi connectivity index (χ4n) is 2.51. The lowest BCUT2D eigenvalue weighted by molar-refractivity contribution is 0.131. The highest BCUT2D eigenvalue weighted by molar-refractivity contribution is 5.30. The summed E-state index contributed by atoms with van der Waals surface area (Å²) in [5, 5.41) is 3.46. The zero-order valence-corrected chi connectivity index (χ0v) is 11.8. The van der Waals surface area contributed by atoms with Crippen LogP contribution in [-0.4, -0.2) is 18.7 Å². The molecule has 0 aromatic heterocycles. The molecule has 2 heteroatoms. The van der Waals surface area contributed by atoms with Gasteiger partial charge in [0.15, 0.2) is 0 Å². The summed E-state index contributed by atoms with van der Waals surface area (Å²) in [6, 6.07) is 8.69. The Labute approximate surface area is 111 Å². The van der Waals surface area contributed by atoms with Crippen molar-refractivity contribution in [3.63, 3.8) is 0 Å². The predicted molar refractivity (Wildman–Crippen MR) is 76.3 cm³/mol. The van der Waals surface area contributed by atoms with Gasteiger partial charge in [0.25, 0.3) is 0 Å². The van der Waals surface area contributed by atoms with Gasteiger partial charge in [0.1, 0.15) is 11.4 Å². The normalized spacial score (nSPS) is 21.4. The van der Waals surface area contributed by atoms with Crippen molar-refractivity contribution in [3.05, 3.63) is 29.8 Å². The molecule has 0 amide bonds. The summed E-state index contributed by atoms with van der Waals surface area (Å²) >= 11 is 0. The standard InChI is InChI=1S/C16H25NO/c1-16(2,3)18-15-8-6-14(7-9-15)13-5-4-11-17-12-10-13/h6-9,13,17H,4-5,10-12H2,1-3H3. The molecule has 1 aliphatic heterocycles. The van der Waals surface area contributed by atoms with Crippen LogP contribution in [0, 0.1) is 0 Å². The van der Waals surface area contributed by atoms with Gasteiger partial charge in [-0.25, -0.2) is 0 Å². The molecule has 18 heavy (non-hydrogen) atoms. The van der Waals surface area contributed by atoms with Crippen LogP contribution in [0.2, 0.25) is 0 Å². The molecule has 1 atom stereocenters. The van der Waals surface area contributed by atoms with E-state index in [-0.39, 0.29) is 5.60 Å². The van der Waals surface area contributed by atoms with E-state index in [1.54, 1.807) is 0 Å². The smallest absolute Gasteiger partial charge is 0.120 e. The zero-order valence-electron chi connectivity index (χ0n) is 11.8. The van der Waals surface area contributed by atoms with Gasteiger partial charge in [0.05, 0.1) is 0 Å². The number of nitrogens with one attached hydrogen (secondary N) is 1. The van der Waals surface area contributed by atoms with Crippen LogP contribution in [0.25, 0.3) is 0 Å². The summed E-state index contributed by atoms with van der Waals surface area (Å²) in [6.45, 7) is 8.56. The molecule has 1 unspecified atom stereocenters. The van der Waals surface area contributed by atoms with Crippen LogP contribution in [0.4, 0.5) is 0 Å². The minimum absolute atomic E-state index is 0.117. The fraction of sp³-hybridized carbons (Fsp3) is 0.625. The van der Waals surface area contributed by atoms with Crippen LogP contribution in [-0.2, 0) is 0 Å². The van der Waals surface area contributed by atoms with E-state index in [4.69, 9.17) is 4.74 Å². The summed E-state index contributed by atoms with van der Waals surface area (Å²) in [4.78, 5) is 0. The van der Waals surface area contributed by atoms with E-state index in [0.717, 1.165) is 12.3 Å². The van der Waals surface area contributed by atoms with Gasteiger partial charge >= 0.3 is 0 Å². The highest BCUT2D eigenvalue weighted by atomic mass is 16.5. The Morgan fingerprint density at radius 2 is 1.78 bits per heavy atom. The summed E-state index contributed by atoms with van der Waals surface area (Å²) in [5.41, 5.74) is 1.34. The van der Waals surface area contributed by atoms with Crippen LogP contribution in [0.15, 0.2) is 24.3 Å². The molecule has 0 spiro atoms. The van der Waals surface area contributed by atoms with Crippen molar-refractivity contribution in [1.29, 1.82) is 0 Å². The molecule has 100 valence electrons. The van der Waals surface area contributed by atoms with Gasteiger partial charge in [-0.05, 0) is 76.7 Å². The second kappa shape index (κ2) is 5.75. The summed E-state index contributed by atoms with van der Waals surface area (Å²) in [7, 11) is 0. The van der Waals surface area contributed by atoms with Crippen molar-refractivity contribution in [2.45, 2.75) is 51.6 Å². The van der Waals surface area contributed by atoms with Crippen LogP contribution < -0.4 is 10.1 Å². The molecule has 1 heterocycles. The molecule has 0 saturated carbocycles. The molecule has 0 radical (unpaired) electrons. The molecular weight excluding hydrogens is 222 g/mol. The average molecular weight is 247 g/mol. The van der Waals surface area contributed by atoms with Gasteiger partial charge in [-0.15, -0.1) is 0 Å². The Hall–Kier alpha value is -1.02. The molecule has 1 aromatic carbocycles. The maximum atomic E-state index is 5.86. The van der Waals surface area contributed by atoms with Crippen LogP contribution in [0.3, 0.4) is 0 Å². The summed E-state index contributed by atoms with van der Waals surface area (Å²) < 4.78 is 5.86. The van der Waals surface area contributed by atoms with Crippen LogP contribution in [0.1, 0.15) is 51.5 Å². The third kappa shape index (κ3) is 4.02. The maximum Gasteiger partial charge on any atom is 0.120 e. The Kier molecular flexibility index (Phi) is 4.28. The Balaban J connectivity index is 2.02. The third-order valence-electron chi connectivity index (χ3n) is 3.35. The minimum Gasteiger partial charge on any atom is -0.488 e. The summed E-state index contributed by atoms with van der Waals surface area (Å²) in [5.74, 6) is 1.68. The van der Waals surface area contributed by atoms with Crippen molar-refractivity contribution in [2.75, 3.05) is 13.1 Å². The lowest BCUT2D eigenvalue weighted by atomic mass is 9.92. The average Bonchev–Trinajstić information content (AvgIpc) is 2.56. The van der Waals surface area contributed by atoms with Crippen LogP contribution >= 0.6 is 0 Å². The molecule has 1 N–H and O–H groups in total. The molecule has 2 rings (SSSR count). The zero-order chi connectivity index (χ0) is 13.0. The number of rotatable bonds is 2. The van der Waals surface area contributed by atoms with E-state index in [1.807, 2.05) is 0 Å². The first-order valence-corrected chi connectivity index (χ1v) is 7.04. The number of ether oxygens (including phenoxy) is 1. The Morgan fingerprint density at radius 1 is 1.06 bits per heavy atom.